The van der Waals surface area contributed by atoms with Gasteiger partial charge < -0.3 is 19.5 Å². The Hall–Kier alpha value is -2.52. The minimum absolute atomic E-state index is 0.424. The largest absolute Gasteiger partial charge is 0.493 e. The number of hydrogen-bond donors (Lipinski definition) is 1. The highest BCUT2D eigenvalue weighted by molar-refractivity contribution is 9.10. The molecule has 0 spiro atoms. The van der Waals surface area contributed by atoms with Gasteiger partial charge in [0.05, 0.1) is 13.7 Å². The normalized spacial score (nSPS) is 14.7. The number of halogens is 1. The number of fused-ring (bicyclic) bond motifs is 3. The van der Waals surface area contributed by atoms with E-state index in [0.717, 1.165) is 21.3 Å². The Morgan fingerprint density at radius 3 is 2.79 bits per heavy atom. The van der Waals surface area contributed by atoms with Crippen LogP contribution in [-0.4, -0.2) is 35.2 Å². The van der Waals surface area contributed by atoms with E-state index < -0.39 is 6.23 Å². The molecule has 1 N–H and O–H groups in total. The third kappa shape index (κ3) is 3.97. The van der Waals surface area contributed by atoms with Gasteiger partial charge in [-0.3, -0.25) is 0 Å². The third-order valence-electron chi connectivity index (χ3n) is 4.36. The summed E-state index contributed by atoms with van der Waals surface area (Å²) < 4.78 is 18.3. The van der Waals surface area contributed by atoms with Crippen LogP contribution in [0, 0.1) is 0 Å². The molecule has 7 nitrogen and oxygen atoms in total. The molecule has 0 amide bonds. The van der Waals surface area contributed by atoms with E-state index >= 15 is 0 Å². The molecule has 0 fully saturated rings. The van der Waals surface area contributed by atoms with E-state index in [9.17, 15) is 0 Å². The lowest BCUT2D eigenvalue weighted by molar-refractivity contribution is 0.224. The monoisotopic (exact) mass is 474 g/mol. The minimum atomic E-state index is -0.493. The molecule has 0 bridgehead atoms. The minimum Gasteiger partial charge on any atom is -0.493 e. The number of aromatic nitrogens is 3. The third-order valence-corrected chi connectivity index (χ3v) is 5.39. The van der Waals surface area contributed by atoms with Crippen molar-refractivity contribution in [2.24, 2.45) is 0 Å². The number of benzene rings is 2. The number of rotatable bonds is 5. The predicted octanol–water partition coefficient (Wildman–Crippen LogP) is 4.93. The molecular weight excluding hydrogens is 456 g/mol. The maximum atomic E-state index is 6.26. The van der Waals surface area contributed by atoms with E-state index in [-0.39, 0.29) is 0 Å². The molecule has 0 saturated carbocycles. The van der Waals surface area contributed by atoms with Gasteiger partial charge in [0, 0.05) is 21.3 Å². The zero-order valence-corrected chi connectivity index (χ0v) is 18.5. The van der Waals surface area contributed by atoms with E-state index in [1.165, 1.54) is 11.8 Å². The van der Waals surface area contributed by atoms with E-state index in [2.05, 4.69) is 36.4 Å². The van der Waals surface area contributed by atoms with Gasteiger partial charge in [-0.2, -0.15) is 4.98 Å². The van der Waals surface area contributed by atoms with Crippen LogP contribution in [0.2, 0.25) is 0 Å². The van der Waals surface area contributed by atoms with Gasteiger partial charge >= 0.3 is 0 Å². The fraction of sp³-hybridized carbons (Fsp3) is 0.250. The number of anilines is 1. The fourth-order valence-corrected chi connectivity index (χ4v) is 3.69. The molecular formula is C20H19BrN4O3S. The number of ether oxygens (including phenoxy) is 3. The second-order valence-corrected chi connectivity index (χ2v) is 7.82. The van der Waals surface area contributed by atoms with Crippen LogP contribution in [0.15, 0.2) is 46.0 Å². The lowest BCUT2D eigenvalue weighted by Gasteiger charge is -2.20. The average Bonchev–Trinajstić information content (AvgIpc) is 2.90. The number of methoxy groups -OCH3 is 1. The van der Waals surface area contributed by atoms with Crippen molar-refractivity contribution in [1.29, 1.82) is 0 Å². The second-order valence-electron chi connectivity index (χ2n) is 6.13. The first-order chi connectivity index (χ1) is 14.1. The number of nitrogens with zero attached hydrogens (tertiary/aromatic N) is 3. The van der Waals surface area contributed by atoms with Crippen LogP contribution in [0.3, 0.4) is 0 Å². The van der Waals surface area contributed by atoms with Crippen molar-refractivity contribution in [3.63, 3.8) is 0 Å². The Kier molecular flexibility index (Phi) is 5.77. The molecule has 3 aromatic rings. The highest BCUT2D eigenvalue weighted by atomic mass is 79.9. The smallest absolute Gasteiger partial charge is 0.247 e. The van der Waals surface area contributed by atoms with Crippen molar-refractivity contribution in [3.05, 3.63) is 46.4 Å². The van der Waals surface area contributed by atoms with Crippen LogP contribution < -0.4 is 19.5 Å². The quantitative estimate of drug-likeness (QED) is 0.521. The van der Waals surface area contributed by atoms with Crippen molar-refractivity contribution < 1.29 is 14.2 Å². The summed E-state index contributed by atoms with van der Waals surface area (Å²) in [5.41, 5.74) is 3.20. The SMILES string of the molecule is CCOc1cc([C@H]2Nc3ccc(Br)cc3-c3nnc(SC)nc3O2)ccc1OC. The zero-order chi connectivity index (χ0) is 20.4. The van der Waals surface area contributed by atoms with Crippen molar-refractivity contribution in [2.45, 2.75) is 18.3 Å². The molecule has 0 aliphatic carbocycles. The molecule has 2 aromatic carbocycles. The average molecular weight is 475 g/mol. The van der Waals surface area contributed by atoms with Gasteiger partial charge in [0.1, 0.15) is 0 Å². The summed E-state index contributed by atoms with van der Waals surface area (Å²) in [4.78, 5) is 4.54. The molecule has 0 radical (unpaired) electrons. The van der Waals surface area contributed by atoms with Crippen LogP contribution in [0.5, 0.6) is 17.4 Å². The lowest BCUT2D eigenvalue weighted by Crippen LogP contribution is -2.17. The first-order valence-electron chi connectivity index (χ1n) is 8.95. The highest BCUT2D eigenvalue weighted by Crippen LogP contribution is 2.41. The van der Waals surface area contributed by atoms with Crippen molar-refractivity contribution >= 4 is 33.4 Å². The first kappa shape index (κ1) is 19.8. The number of nitrogens with one attached hydrogen (secondary N) is 1. The van der Waals surface area contributed by atoms with E-state index in [0.29, 0.717) is 34.8 Å². The molecule has 9 heteroatoms. The summed E-state index contributed by atoms with van der Waals surface area (Å²) in [5.74, 6) is 1.75. The lowest BCUT2D eigenvalue weighted by atomic mass is 10.1. The van der Waals surface area contributed by atoms with Crippen LogP contribution in [-0.2, 0) is 0 Å². The van der Waals surface area contributed by atoms with Crippen LogP contribution in [0.4, 0.5) is 5.69 Å². The Morgan fingerprint density at radius 2 is 2.03 bits per heavy atom. The second kappa shape index (κ2) is 8.46. The fourth-order valence-electron chi connectivity index (χ4n) is 3.03. The van der Waals surface area contributed by atoms with Gasteiger partial charge in [-0.15, -0.1) is 10.2 Å². The predicted molar refractivity (Wildman–Crippen MR) is 116 cm³/mol. The molecule has 1 aliphatic heterocycles. The van der Waals surface area contributed by atoms with Gasteiger partial charge in [0.15, 0.2) is 23.4 Å². The van der Waals surface area contributed by atoms with Gasteiger partial charge in [-0.1, -0.05) is 27.7 Å². The van der Waals surface area contributed by atoms with Crippen LogP contribution >= 0.6 is 27.7 Å². The van der Waals surface area contributed by atoms with Gasteiger partial charge in [0.25, 0.3) is 0 Å². The molecule has 29 heavy (non-hydrogen) atoms. The Bertz CT molecular complexity index is 1050. The molecule has 1 atom stereocenters. The van der Waals surface area contributed by atoms with Gasteiger partial charge in [0.2, 0.25) is 11.0 Å². The summed E-state index contributed by atoms with van der Waals surface area (Å²) in [6.45, 7) is 2.47. The summed E-state index contributed by atoms with van der Waals surface area (Å²) >= 11 is 4.94. The summed E-state index contributed by atoms with van der Waals surface area (Å²) in [6, 6.07) is 11.6. The van der Waals surface area contributed by atoms with Crippen molar-refractivity contribution in [2.75, 3.05) is 25.3 Å². The summed E-state index contributed by atoms with van der Waals surface area (Å²) in [6.07, 6.45) is 1.41. The van der Waals surface area contributed by atoms with E-state index in [1.807, 2.05) is 49.6 Å². The maximum absolute atomic E-state index is 6.26. The summed E-state index contributed by atoms with van der Waals surface area (Å²) in [5, 5.41) is 12.5. The number of thioether (sulfide) groups is 1. The van der Waals surface area contributed by atoms with Gasteiger partial charge in [-0.25, -0.2) is 0 Å². The molecule has 1 aliphatic rings. The topological polar surface area (TPSA) is 78.4 Å². The molecule has 4 rings (SSSR count). The molecule has 0 saturated heterocycles. The molecule has 150 valence electrons. The van der Waals surface area contributed by atoms with Crippen molar-refractivity contribution in [3.8, 4) is 28.6 Å². The standard InChI is InChI=1S/C20H19BrN4O3S/c1-4-27-16-9-11(5-8-15(16)26-2)18-22-14-7-6-12(21)10-13(14)17-19(28-18)23-20(29-3)25-24-17/h5-10,18,22H,4H2,1-3H3/t18-/m0/s1. The van der Waals surface area contributed by atoms with Crippen LogP contribution in [0.1, 0.15) is 18.7 Å². The summed E-state index contributed by atoms with van der Waals surface area (Å²) in [7, 11) is 1.62. The van der Waals surface area contributed by atoms with Gasteiger partial charge in [-0.05, 0) is 49.6 Å². The first-order valence-corrected chi connectivity index (χ1v) is 11.0. The van der Waals surface area contributed by atoms with Crippen molar-refractivity contribution in [1.82, 2.24) is 15.2 Å². The van der Waals surface area contributed by atoms with E-state index in [4.69, 9.17) is 14.2 Å². The zero-order valence-electron chi connectivity index (χ0n) is 16.1. The number of hydrogen-bond acceptors (Lipinski definition) is 8. The Labute approximate surface area is 181 Å². The van der Waals surface area contributed by atoms with E-state index in [1.54, 1.807) is 7.11 Å². The van der Waals surface area contributed by atoms with Crippen LogP contribution in [0.25, 0.3) is 11.3 Å². The maximum Gasteiger partial charge on any atom is 0.247 e. The molecule has 2 heterocycles. The highest BCUT2D eigenvalue weighted by Gasteiger charge is 2.27. The molecule has 0 unspecified atom stereocenters. The Morgan fingerprint density at radius 1 is 1.17 bits per heavy atom. The Balaban J connectivity index is 1.82. The molecule has 1 aromatic heterocycles.